The highest BCUT2D eigenvalue weighted by Crippen LogP contribution is 2.43. The van der Waals surface area contributed by atoms with Crippen LogP contribution in [0.3, 0.4) is 0 Å². The summed E-state index contributed by atoms with van der Waals surface area (Å²) in [6.45, 7) is 1.45. The molecule has 7 nitrogen and oxygen atoms in total. The first-order valence-electron chi connectivity index (χ1n) is 9.47. The number of amides is 1. The molecular weight excluding hydrogens is 506 g/mol. The van der Waals surface area contributed by atoms with Crippen LogP contribution in [0.4, 0.5) is 27.8 Å². The molecular formula is C20H13Cl2F5N6O. The maximum Gasteiger partial charge on any atom is 0.459 e. The van der Waals surface area contributed by atoms with Crippen molar-refractivity contribution >= 4 is 40.6 Å². The lowest BCUT2D eigenvalue weighted by atomic mass is 10.2. The van der Waals surface area contributed by atoms with E-state index in [1.807, 2.05) is 0 Å². The molecule has 0 fully saturated rings. The van der Waals surface area contributed by atoms with Gasteiger partial charge in [-0.2, -0.15) is 32.1 Å². The van der Waals surface area contributed by atoms with E-state index in [-0.39, 0.29) is 23.7 Å². The summed E-state index contributed by atoms with van der Waals surface area (Å²) in [4.78, 5) is 16.5. The minimum Gasteiger partial charge on any atom is -0.304 e. The number of rotatable bonds is 5. The third-order valence-electron chi connectivity index (χ3n) is 4.73. The summed E-state index contributed by atoms with van der Waals surface area (Å²) in [7, 11) is 0. The average molecular weight is 519 g/mol. The van der Waals surface area contributed by atoms with E-state index in [1.54, 1.807) is 18.2 Å². The standard InChI is InChI=1S/C20H13Cl2F5N6O/c1-10-7-15(19(23,24)20(25,26)27)33-17(28-10)8-14(30-33)18(34)29-16-5-6-32(31-16)9-11-12(21)3-2-4-13(11)22/h2-8H,9H2,1H3,(H,29,31,34). The molecule has 0 radical (unpaired) electrons. The van der Waals surface area contributed by atoms with Crippen LogP contribution in [0.1, 0.15) is 27.4 Å². The van der Waals surface area contributed by atoms with Crippen molar-refractivity contribution in [3.8, 4) is 0 Å². The fraction of sp³-hybridized carbons (Fsp3) is 0.200. The maximum absolute atomic E-state index is 14.0. The molecule has 0 saturated carbocycles. The van der Waals surface area contributed by atoms with Crippen LogP contribution >= 0.6 is 23.2 Å². The Balaban J connectivity index is 1.59. The lowest BCUT2D eigenvalue weighted by Crippen LogP contribution is -2.36. The molecule has 0 aliphatic carbocycles. The summed E-state index contributed by atoms with van der Waals surface area (Å²) in [5, 5.41) is 11.0. The third-order valence-corrected chi connectivity index (χ3v) is 5.44. The molecule has 0 atom stereocenters. The number of aromatic nitrogens is 5. The third kappa shape index (κ3) is 4.42. The van der Waals surface area contributed by atoms with Crippen LogP contribution in [-0.2, 0) is 12.5 Å². The number of fused-ring (bicyclic) bond motifs is 1. The SMILES string of the molecule is Cc1cc(C(F)(F)C(F)(F)F)n2nc(C(=O)Nc3ccn(Cc4c(Cl)cccc4Cl)n3)cc2n1. The Bertz CT molecular complexity index is 1380. The Kier molecular flexibility index (Phi) is 5.98. The first-order chi connectivity index (χ1) is 15.9. The van der Waals surface area contributed by atoms with Gasteiger partial charge >= 0.3 is 12.1 Å². The number of nitrogens with zero attached hydrogens (tertiary/aromatic N) is 5. The Labute approximate surface area is 198 Å². The van der Waals surface area contributed by atoms with Crippen LogP contribution in [0.5, 0.6) is 0 Å². The summed E-state index contributed by atoms with van der Waals surface area (Å²) in [5.41, 5.74) is -1.73. The van der Waals surface area contributed by atoms with Crippen molar-refractivity contribution in [2.45, 2.75) is 25.6 Å². The number of aryl methyl sites for hydroxylation is 1. The van der Waals surface area contributed by atoms with Crippen molar-refractivity contribution in [2.24, 2.45) is 0 Å². The second kappa shape index (κ2) is 8.51. The number of carbonyl (C=O) groups is 1. The van der Waals surface area contributed by atoms with E-state index in [2.05, 4.69) is 20.5 Å². The molecule has 3 heterocycles. The monoisotopic (exact) mass is 518 g/mol. The van der Waals surface area contributed by atoms with Gasteiger partial charge in [-0.15, -0.1) is 0 Å². The molecule has 3 aromatic heterocycles. The minimum atomic E-state index is -5.86. The number of nitrogens with one attached hydrogen (secondary N) is 1. The molecule has 0 unspecified atom stereocenters. The van der Waals surface area contributed by atoms with E-state index in [0.29, 0.717) is 26.2 Å². The van der Waals surface area contributed by atoms with E-state index in [4.69, 9.17) is 23.2 Å². The predicted molar refractivity (Wildman–Crippen MR) is 113 cm³/mol. The van der Waals surface area contributed by atoms with Crippen molar-refractivity contribution in [1.82, 2.24) is 24.4 Å². The highest BCUT2D eigenvalue weighted by atomic mass is 35.5. The summed E-state index contributed by atoms with van der Waals surface area (Å²) < 4.78 is 68.6. The molecule has 1 amide bonds. The Morgan fingerprint density at radius 2 is 1.74 bits per heavy atom. The van der Waals surface area contributed by atoms with Crippen molar-refractivity contribution in [2.75, 3.05) is 5.32 Å². The molecule has 0 aliphatic heterocycles. The van der Waals surface area contributed by atoms with Gasteiger partial charge in [-0.3, -0.25) is 9.48 Å². The fourth-order valence-corrected chi connectivity index (χ4v) is 3.64. The first kappa shape index (κ1) is 23.9. The zero-order chi connectivity index (χ0) is 24.8. The van der Waals surface area contributed by atoms with Crippen LogP contribution < -0.4 is 5.32 Å². The van der Waals surface area contributed by atoms with Crippen molar-refractivity contribution in [3.05, 3.63) is 75.3 Å². The van der Waals surface area contributed by atoms with Crippen LogP contribution in [0.15, 0.2) is 42.6 Å². The fourth-order valence-electron chi connectivity index (χ4n) is 3.12. The molecule has 4 aromatic rings. The molecule has 4 rings (SSSR count). The van der Waals surface area contributed by atoms with Gasteiger partial charge in [-0.05, 0) is 25.1 Å². The lowest BCUT2D eigenvalue weighted by Gasteiger charge is -2.20. The highest BCUT2D eigenvalue weighted by Gasteiger charge is 2.60. The molecule has 0 aliphatic rings. The maximum atomic E-state index is 14.0. The quantitative estimate of drug-likeness (QED) is 0.354. The Morgan fingerprint density at radius 1 is 1.06 bits per heavy atom. The highest BCUT2D eigenvalue weighted by molar-refractivity contribution is 6.35. The molecule has 0 spiro atoms. The van der Waals surface area contributed by atoms with Gasteiger partial charge in [0.15, 0.2) is 17.2 Å². The smallest absolute Gasteiger partial charge is 0.304 e. The summed E-state index contributed by atoms with van der Waals surface area (Å²) in [6, 6.07) is 8.01. The lowest BCUT2D eigenvalue weighted by molar-refractivity contribution is -0.291. The van der Waals surface area contributed by atoms with Crippen LogP contribution in [0.2, 0.25) is 10.0 Å². The molecule has 0 saturated heterocycles. The van der Waals surface area contributed by atoms with Gasteiger partial charge in [-0.25, -0.2) is 9.50 Å². The average Bonchev–Trinajstić information content (AvgIpc) is 3.36. The van der Waals surface area contributed by atoms with Crippen molar-refractivity contribution in [3.63, 3.8) is 0 Å². The summed E-state index contributed by atoms with van der Waals surface area (Å²) in [5.74, 6) is -6.02. The number of halogens is 7. The number of alkyl halides is 5. The topological polar surface area (TPSA) is 77.1 Å². The zero-order valence-electron chi connectivity index (χ0n) is 17.0. The number of hydrogen-bond acceptors (Lipinski definition) is 4. The zero-order valence-corrected chi connectivity index (χ0v) is 18.6. The largest absolute Gasteiger partial charge is 0.459 e. The Hall–Kier alpha value is -3.25. The number of carbonyl (C=O) groups excluding carboxylic acids is 1. The van der Waals surface area contributed by atoms with Crippen molar-refractivity contribution in [1.29, 1.82) is 0 Å². The second-order valence-corrected chi connectivity index (χ2v) is 8.02. The van der Waals surface area contributed by atoms with E-state index >= 15 is 0 Å². The molecule has 0 bridgehead atoms. The van der Waals surface area contributed by atoms with Crippen LogP contribution in [0, 0.1) is 6.92 Å². The molecule has 178 valence electrons. The van der Waals surface area contributed by atoms with E-state index in [9.17, 15) is 26.7 Å². The molecule has 34 heavy (non-hydrogen) atoms. The van der Waals surface area contributed by atoms with Crippen LogP contribution in [-0.4, -0.2) is 36.5 Å². The molecule has 1 N–H and O–H groups in total. The summed E-state index contributed by atoms with van der Waals surface area (Å²) >= 11 is 12.3. The predicted octanol–water partition coefficient (Wildman–Crippen LogP) is 5.50. The number of hydrogen-bond donors (Lipinski definition) is 1. The van der Waals surface area contributed by atoms with E-state index < -0.39 is 29.4 Å². The van der Waals surface area contributed by atoms with E-state index in [0.717, 1.165) is 6.07 Å². The minimum absolute atomic E-state index is 0.0789. The van der Waals surface area contributed by atoms with Gasteiger partial charge in [0.2, 0.25) is 0 Å². The first-order valence-corrected chi connectivity index (χ1v) is 10.2. The van der Waals surface area contributed by atoms with Gasteiger partial charge < -0.3 is 5.32 Å². The second-order valence-electron chi connectivity index (χ2n) is 7.21. The van der Waals surface area contributed by atoms with Gasteiger partial charge in [0.05, 0.1) is 6.54 Å². The van der Waals surface area contributed by atoms with Gasteiger partial charge in [0.1, 0.15) is 5.69 Å². The van der Waals surface area contributed by atoms with E-state index in [1.165, 1.54) is 23.9 Å². The van der Waals surface area contributed by atoms with Gasteiger partial charge in [0.25, 0.3) is 5.91 Å². The number of benzene rings is 1. The van der Waals surface area contributed by atoms with Gasteiger partial charge in [0, 0.05) is 39.6 Å². The Morgan fingerprint density at radius 3 is 2.38 bits per heavy atom. The molecule has 1 aromatic carbocycles. The van der Waals surface area contributed by atoms with Crippen LogP contribution in [0.25, 0.3) is 5.65 Å². The van der Waals surface area contributed by atoms with Gasteiger partial charge in [-0.1, -0.05) is 29.3 Å². The molecule has 14 heteroatoms. The normalized spacial score (nSPS) is 12.4. The van der Waals surface area contributed by atoms with Crippen molar-refractivity contribution < 1.29 is 26.7 Å². The summed E-state index contributed by atoms with van der Waals surface area (Å²) in [6.07, 6.45) is -4.33. The number of anilines is 1.